The standard InChI is InChI=1S/C25H37ClN4O3/c1-16-11-21-20(6-5-18(3)25(21,32)12-22(16)33-19(4)31)17(2)15-29-7-9-30(10-8-29)24-14-27-23(26)13-28-24/h11,13-14,17-18,20-22,32H,5-10,12,15H2,1-4H3/t17?,18-,20+,21-,22-,25-/m1/s1. The first-order valence-electron chi connectivity index (χ1n) is 12.2. The number of carbonyl (C=O) groups excluding carboxylic acids is 1. The molecule has 1 aromatic rings. The van der Waals surface area contributed by atoms with Crippen molar-refractivity contribution in [2.24, 2.45) is 23.7 Å². The number of esters is 1. The summed E-state index contributed by atoms with van der Waals surface area (Å²) in [5.74, 6) is 1.77. The summed E-state index contributed by atoms with van der Waals surface area (Å²) in [6.07, 6.45) is 7.87. The van der Waals surface area contributed by atoms with Crippen molar-refractivity contribution in [3.05, 3.63) is 29.2 Å². The van der Waals surface area contributed by atoms with Gasteiger partial charge in [-0.15, -0.1) is 0 Å². The van der Waals surface area contributed by atoms with Crippen LogP contribution in [0.2, 0.25) is 5.15 Å². The van der Waals surface area contributed by atoms with Crippen LogP contribution in [-0.4, -0.2) is 70.4 Å². The zero-order chi connectivity index (χ0) is 23.8. The Balaban J connectivity index is 1.40. The number of nitrogens with zero attached hydrogens (tertiary/aromatic N) is 4. The predicted octanol–water partition coefficient (Wildman–Crippen LogP) is 3.56. The van der Waals surface area contributed by atoms with E-state index < -0.39 is 5.60 Å². The molecule has 8 heteroatoms. The number of halogens is 1. The third-order valence-corrected chi connectivity index (χ3v) is 8.37. The third kappa shape index (κ3) is 5.20. The van der Waals surface area contributed by atoms with Gasteiger partial charge >= 0.3 is 5.97 Å². The number of rotatable bonds is 5. The second-order valence-corrected chi connectivity index (χ2v) is 10.7. The molecule has 2 aliphatic carbocycles. The van der Waals surface area contributed by atoms with Gasteiger partial charge in [0.2, 0.25) is 0 Å². The summed E-state index contributed by atoms with van der Waals surface area (Å²) in [6, 6.07) is 0. The average molecular weight is 477 g/mol. The highest BCUT2D eigenvalue weighted by Crippen LogP contribution is 2.51. The van der Waals surface area contributed by atoms with E-state index in [1.807, 2.05) is 6.92 Å². The molecule has 1 saturated carbocycles. The van der Waals surface area contributed by atoms with Crippen molar-refractivity contribution in [3.8, 4) is 0 Å². The van der Waals surface area contributed by atoms with Crippen LogP contribution in [0.15, 0.2) is 24.0 Å². The molecule has 1 aromatic heterocycles. The zero-order valence-corrected chi connectivity index (χ0v) is 21.0. The number of carbonyl (C=O) groups is 1. The maximum absolute atomic E-state index is 11.8. The summed E-state index contributed by atoms with van der Waals surface area (Å²) >= 11 is 5.87. The molecule has 0 aromatic carbocycles. The van der Waals surface area contributed by atoms with Gasteiger partial charge in [0, 0.05) is 52.0 Å². The van der Waals surface area contributed by atoms with Gasteiger partial charge in [-0.3, -0.25) is 9.69 Å². The van der Waals surface area contributed by atoms with Crippen LogP contribution in [-0.2, 0) is 9.53 Å². The van der Waals surface area contributed by atoms with Gasteiger partial charge in [-0.25, -0.2) is 9.97 Å². The first-order chi connectivity index (χ1) is 15.7. The number of hydrogen-bond donors (Lipinski definition) is 1. The molecular formula is C25H37ClN4O3. The molecule has 33 heavy (non-hydrogen) atoms. The van der Waals surface area contributed by atoms with E-state index >= 15 is 0 Å². The van der Waals surface area contributed by atoms with E-state index in [1.165, 1.54) is 6.92 Å². The van der Waals surface area contributed by atoms with E-state index in [-0.39, 0.29) is 23.9 Å². The monoisotopic (exact) mass is 476 g/mol. The third-order valence-electron chi connectivity index (χ3n) is 8.18. The number of fused-ring (bicyclic) bond motifs is 1. The normalized spacial score (nSPS) is 33.8. The minimum absolute atomic E-state index is 0.105. The first kappa shape index (κ1) is 24.4. The quantitative estimate of drug-likeness (QED) is 0.514. The maximum atomic E-state index is 11.8. The number of hydrogen-bond acceptors (Lipinski definition) is 7. The van der Waals surface area contributed by atoms with E-state index in [4.69, 9.17) is 16.3 Å². The number of aliphatic hydroxyl groups is 1. The largest absolute Gasteiger partial charge is 0.458 e. The molecule has 1 N–H and O–H groups in total. The molecule has 0 bridgehead atoms. The fourth-order valence-electron chi connectivity index (χ4n) is 6.17. The molecule has 6 atom stereocenters. The highest BCUT2D eigenvalue weighted by molar-refractivity contribution is 6.29. The Hall–Kier alpha value is -1.70. The molecule has 2 heterocycles. The Kier molecular flexibility index (Phi) is 7.32. The molecule has 7 nitrogen and oxygen atoms in total. The van der Waals surface area contributed by atoms with E-state index in [0.717, 1.165) is 57.0 Å². The molecule has 3 aliphatic rings. The average Bonchev–Trinajstić information content (AvgIpc) is 2.77. The minimum atomic E-state index is -0.817. The van der Waals surface area contributed by atoms with Crippen molar-refractivity contribution in [2.45, 2.75) is 58.7 Å². The summed E-state index contributed by atoms with van der Waals surface area (Å²) in [4.78, 5) is 24.9. The molecule has 2 fully saturated rings. The Morgan fingerprint density at radius 1 is 1.27 bits per heavy atom. The second-order valence-electron chi connectivity index (χ2n) is 10.3. The molecule has 0 spiro atoms. The van der Waals surface area contributed by atoms with Crippen molar-refractivity contribution in [1.82, 2.24) is 14.9 Å². The van der Waals surface area contributed by atoms with Crippen LogP contribution in [0.4, 0.5) is 5.82 Å². The van der Waals surface area contributed by atoms with Crippen molar-refractivity contribution in [3.63, 3.8) is 0 Å². The van der Waals surface area contributed by atoms with Gasteiger partial charge < -0.3 is 14.7 Å². The van der Waals surface area contributed by atoms with Crippen LogP contribution in [0, 0.1) is 23.7 Å². The zero-order valence-electron chi connectivity index (χ0n) is 20.2. The van der Waals surface area contributed by atoms with Crippen LogP contribution >= 0.6 is 11.6 Å². The molecule has 1 saturated heterocycles. The lowest BCUT2D eigenvalue weighted by atomic mass is 9.57. The van der Waals surface area contributed by atoms with Gasteiger partial charge in [0.15, 0.2) is 0 Å². The van der Waals surface area contributed by atoms with Gasteiger partial charge in [0.1, 0.15) is 17.1 Å². The molecular weight excluding hydrogens is 440 g/mol. The predicted molar refractivity (Wildman–Crippen MR) is 129 cm³/mol. The number of ether oxygens (including phenoxy) is 1. The fourth-order valence-corrected chi connectivity index (χ4v) is 6.27. The first-order valence-corrected chi connectivity index (χ1v) is 12.6. The second kappa shape index (κ2) is 9.88. The van der Waals surface area contributed by atoms with E-state index in [1.54, 1.807) is 12.4 Å². The summed E-state index contributed by atoms with van der Waals surface area (Å²) in [5, 5.41) is 12.2. The fraction of sp³-hybridized carbons (Fsp3) is 0.720. The lowest BCUT2D eigenvalue weighted by molar-refractivity contribution is -0.159. The minimum Gasteiger partial charge on any atom is -0.458 e. The van der Waals surface area contributed by atoms with Gasteiger partial charge in [0.05, 0.1) is 18.0 Å². The van der Waals surface area contributed by atoms with Crippen LogP contribution in [0.1, 0.15) is 47.0 Å². The molecule has 1 unspecified atom stereocenters. The van der Waals surface area contributed by atoms with E-state index in [2.05, 4.69) is 39.7 Å². The van der Waals surface area contributed by atoms with Crippen LogP contribution in [0.3, 0.4) is 0 Å². The van der Waals surface area contributed by atoms with Crippen LogP contribution in [0.25, 0.3) is 0 Å². The smallest absolute Gasteiger partial charge is 0.303 e. The number of piperazine rings is 1. The molecule has 4 rings (SSSR count). The van der Waals surface area contributed by atoms with Crippen molar-refractivity contribution < 1.29 is 14.6 Å². The van der Waals surface area contributed by atoms with E-state index in [0.29, 0.717) is 23.4 Å². The van der Waals surface area contributed by atoms with Crippen LogP contribution < -0.4 is 4.90 Å². The molecule has 0 amide bonds. The SMILES string of the molecule is CC(=O)O[C@@H]1C[C@@]2(O)[C@H](C)CC[C@@H](C(C)CN3CCN(c4cnc(Cl)cn4)CC3)[C@H]2C=C1C. The molecule has 1 aliphatic heterocycles. The van der Waals surface area contributed by atoms with Gasteiger partial charge in [-0.05, 0) is 43.1 Å². The summed E-state index contributed by atoms with van der Waals surface area (Å²) in [7, 11) is 0. The Morgan fingerprint density at radius 2 is 2.00 bits per heavy atom. The lowest BCUT2D eigenvalue weighted by Crippen LogP contribution is -2.56. The van der Waals surface area contributed by atoms with Gasteiger partial charge in [0.25, 0.3) is 0 Å². The van der Waals surface area contributed by atoms with Crippen molar-refractivity contribution in [1.29, 1.82) is 0 Å². The number of aromatic nitrogens is 2. The van der Waals surface area contributed by atoms with Gasteiger partial charge in [-0.2, -0.15) is 0 Å². The lowest BCUT2D eigenvalue weighted by Gasteiger charge is -2.53. The topological polar surface area (TPSA) is 78.8 Å². The Morgan fingerprint density at radius 3 is 2.64 bits per heavy atom. The summed E-state index contributed by atoms with van der Waals surface area (Å²) in [5.41, 5.74) is 0.256. The van der Waals surface area contributed by atoms with Crippen molar-refractivity contribution in [2.75, 3.05) is 37.6 Å². The maximum Gasteiger partial charge on any atom is 0.303 e. The van der Waals surface area contributed by atoms with E-state index in [9.17, 15) is 9.90 Å². The highest BCUT2D eigenvalue weighted by atomic mass is 35.5. The number of anilines is 1. The van der Waals surface area contributed by atoms with Crippen molar-refractivity contribution >= 4 is 23.4 Å². The molecule has 0 radical (unpaired) electrons. The summed E-state index contributed by atoms with van der Waals surface area (Å²) in [6.45, 7) is 12.8. The highest BCUT2D eigenvalue weighted by Gasteiger charge is 2.52. The van der Waals surface area contributed by atoms with Gasteiger partial charge in [-0.1, -0.05) is 31.5 Å². The van der Waals surface area contributed by atoms with Crippen LogP contribution in [0.5, 0.6) is 0 Å². The molecule has 182 valence electrons. The Labute approximate surface area is 202 Å². The Bertz CT molecular complexity index is 871. The summed E-state index contributed by atoms with van der Waals surface area (Å²) < 4.78 is 5.54.